The lowest BCUT2D eigenvalue weighted by Crippen LogP contribution is -1.94. The Balaban J connectivity index is 2.80. The van der Waals surface area contributed by atoms with E-state index in [4.69, 9.17) is 0 Å². The first-order chi connectivity index (χ1) is 6.68. The second kappa shape index (κ2) is 3.37. The lowest BCUT2D eigenvalue weighted by atomic mass is 9.99. The van der Waals surface area contributed by atoms with Crippen LogP contribution in [0.1, 0.15) is 31.0 Å². The van der Waals surface area contributed by atoms with E-state index in [1.54, 1.807) is 0 Å². The molecule has 2 rings (SSSR count). The molecule has 2 aromatic heterocycles. The van der Waals surface area contributed by atoms with Crippen LogP contribution >= 0.6 is 0 Å². The van der Waals surface area contributed by atoms with Gasteiger partial charge in [-0.3, -0.25) is 9.97 Å². The van der Waals surface area contributed by atoms with Crippen molar-refractivity contribution in [1.29, 1.82) is 0 Å². The maximum absolute atomic E-state index is 4.46. The van der Waals surface area contributed by atoms with E-state index in [0.29, 0.717) is 5.92 Å². The minimum atomic E-state index is 0.529. The monoisotopic (exact) mass is 186 g/mol. The quantitative estimate of drug-likeness (QED) is 0.684. The highest BCUT2D eigenvalue weighted by molar-refractivity contribution is 5.81. The van der Waals surface area contributed by atoms with Crippen LogP contribution < -0.4 is 0 Å². The molecular weight excluding hydrogens is 172 g/mol. The van der Waals surface area contributed by atoms with Crippen LogP contribution in [0.2, 0.25) is 0 Å². The average molecular weight is 186 g/mol. The van der Waals surface area contributed by atoms with E-state index in [2.05, 4.69) is 29.9 Å². The summed E-state index contributed by atoms with van der Waals surface area (Å²) in [5.74, 6) is 0.529. The Hall–Kier alpha value is -1.44. The highest BCUT2D eigenvalue weighted by Crippen LogP contribution is 2.24. The van der Waals surface area contributed by atoms with E-state index >= 15 is 0 Å². The van der Waals surface area contributed by atoms with E-state index in [9.17, 15) is 0 Å². The van der Waals surface area contributed by atoms with Gasteiger partial charge in [-0.25, -0.2) is 0 Å². The summed E-state index contributed by atoms with van der Waals surface area (Å²) in [5, 5.41) is 1.22. The summed E-state index contributed by atoms with van der Waals surface area (Å²) in [6.45, 7) is 6.43. The molecule has 0 aromatic carbocycles. The Bertz CT molecular complexity index is 461. The van der Waals surface area contributed by atoms with E-state index in [0.717, 1.165) is 11.2 Å². The lowest BCUT2D eigenvalue weighted by Gasteiger charge is -2.10. The second-order valence-electron chi connectivity index (χ2n) is 3.90. The van der Waals surface area contributed by atoms with Crippen LogP contribution in [0.25, 0.3) is 10.9 Å². The lowest BCUT2D eigenvalue weighted by molar-refractivity contribution is 0.871. The van der Waals surface area contributed by atoms with Crippen LogP contribution in [0.5, 0.6) is 0 Å². The molecule has 0 amide bonds. The Morgan fingerprint density at radius 2 is 2.07 bits per heavy atom. The maximum atomic E-state index is 4.46. The van der Waals surface area contributed by atoms with Crippen LogP contribution in [0.15, 0.2) is 24.5 Å². The fraction of sp³-hybridized carbons (Fsp3) is 0.333. The standard InChI is InChI=1S/C12H14N2/c1-8(2)11-6-9(3)14-12-7-13-5-4-10(11)12/h4-8H,1-3H3. The number of aryl methyl sites for hydroxylation is 1. The van der Waals surface area contributed by atoms with Crippen molar-refractivity contribution in [2.75, 3.05) is 0 Å². The van der Waals surface area contributed by atoms with Crippen LogP contribution in [-0.2, 0) is 0 Å². The summed E-state index contributed by atoms with van der Waals surface area (Å²) in [6.07, 6.45) is 3.65. The fourth-order valence-electron chi connectivity index (χ4n) is 1.72. The van der Waals surface area contributed by atoms with Crippen molar-refractivity contribution in [3.63, 3.8) is 0 Å². The average Bonchev–Trinajstić information content (AvgIpc) is 2.16. The third-order valence-electron chi connectivity index (χ3n) is 2.39. The highest BCUT2D eigenvalue weighted by atomic mass is 14.7. The zero-order valence-electron chi connectivity index (χ0n) is 8.78. The number of hydrogen-bond acceptors (Lipinski definition) is 2. The fourth-order valence-corrected chi connectivity index (χ4v) is 1.72. The SMILES string of the molecule is Cc1cc(C(C)C)c2ccncc2n1. The van der Waals surface area contributed by atoms with E-state index in [-0.39, 0.29) is 0 Å². The first-order valence-electron chi connectivity index (χ1n) is 4.90. The molecule has 0 unspecified atom stereocenters. The second-order valence-corrected chi connectivity index (χ2v) is 3.90. The van der Waals surface area contributed by atoms with Crippen molar-refractivity contribution in [2.24, 2.45) is 0 Å². The van der Waals surface area contributed by atoms with Gasteiger partial charge in [0, 0.05) is 17.3 Å². The van der Waals surface area contributed by atoms with Gasteiger partial charge in [0.1, 0.15) is 0 Å². The van der Waals surface area contributed by atoms with Crippen molar-refractivity contribution in [2.45, 2.75) is 26.7 Å². The molecule has 2 heterocycles. The first kappa shape index (κ1) is 9.13. The van der Waals surface area contributed by atoms with Crippen molar-refractivity contribution in [3.8, 4) is 0 Å². The molecular formula is C12H14N2. The molecule has 0 aliphatic heterocycles. The molecule has 14 heavy (non-hydrogen) atoms. The van der Waals surface area contributed by atoms with Gasteiger partial charge >= 0.3 is 0 Å². The summed E-state index contributed by atoms with van der Waals surface area (Å²) >= 11 is 0. The van der Waals surface area contributed by atoms with Gasteiger partial charge < -0.3 is 0 Å². The smallest absolute Gasteiger partial charge is 0.0891 e. The molecule has 0 atom stereocenters. The van der Waals surface area contributed by atoms with Gasteiger partial charge in [0.2, 0.25) is 0 Å². The van der Waals surface area contributed by atoms with Crippen LogP contribution in [0.3, 0.4) is 0 Å². The van der Waals surface area contributed by atoms with Crippen molar-refractivity contribution in [3.05, 3.63) is 35.8 Å². The number of aromatic nitrogens is 2. The summed E-state index contributed by atoms with van der Waals surface area (Å²) in [6, 6.07) is 4.20. The molecule has 0 saturated carbocycles. The van der Waals surface area contributed by atoms with Gasteiger partial charge in [0.15, 0.2) is 0 Å². The first-order valence-corrected chi connectivity index (χ1v) is 4.90. The van der Waals surface area contributed by atoms with Gasteiger partial charge in [0.25, 0.3) is 0 Å². The molecule has 2 nitrogen and oxygen atoms in total. The number of pyridine rings is 2. The Labute approximate surface area is 84.0 Å². The van der Waals surface area contributed by atoms with Gasteiger partial charge in [-0.05, 0) is 30.5 Å². The van der Waals surface area contributed by atoms with Crippen LogP contribution in [0.4, 0.5) is 0 Å². The largest absolute Gasteiger partial charge is 0.262 e. The van der Waals surface area contributed by atoms with E-state index < -0.39 is 0 Å². The summed E-state index contributed by atoms with van der Waals surface area (Å²) in [7, 11) is 0. The molecule has 0 spiro atoms. The molecule has 0 fully saturated rings. The molecule has 0 bridgehead atoms. The summed E-state index contributed by atoms with van der Waals surface area (Å²) in [4.78, 5) is 8.55. The van der Waals surface area contributed by atoms with Gasteiger partial charge in [-0.2, -0.15) is 0 Å². The predicted molar refractivity (Wildman–Crippen MR) is 58.4 cm³/mol. The number of hydrogen-bond donors (Lipinski definition) is 0. The Kier molecular flexibility index (Phi) is 2.20. The molecule has 72 valence electrons. The van der Waals surface area contributed by atoms with Gasteiger partial charge in [0.05, 0.1) is 11.7 Å². The zero-order chi connectivity index (χ0) is 10.1. The minimum absolute atomic E-state index is 0.529. The molecule has 0 saturated heterocycles. The van der Waals surface area contributed by atoms with Crippen molar-refractivity contribution < 1.29 is 0 Å². The van der Waals surface area contributed by atoms with Crippen molar-refractivity contribution in [1.82, 2.24) is 9.97 Å². The number of fused-ring (bicyclic) bond motifs is 1. The molecule has 2 aromatic rings. The van der Waals surface area contributed by atoms with Gasteiger partial charge in [-0.15, -0.1) is 0 Å². The predicted octanol–water partition coefficient (Wildman–Crippen LogP) is 3.06. The molecule has 0 aliphatic rings. The summed E-state index contributed by atoms with van der Waals surface area (Å²) in [5.41, 5.74) is 3.42. The van der Waals surface area contributed by atoms with E-state index in [1.807, 2.05) is 25.4 Å². The number of rotatable bonds is 1. The number of nitrogens with zero attached hydrogens (tertiary/aromatic N) is 2. The Morgan fingerprint density at radius 1 is 1.29 bits per heavy atom. The van der Waals surface area contributed by atoms with Crippen molar-refractivity contribution >= 4 is 10.9 Å². The minimum Gasteiger partial charge on any atom is -0.262 e. The van der Waals surface area contributed by atoms with Gasteiger partial charge in [-0.1, -0.05) is 13.8 Å². The van der Waals surface area contributed by atoms with E-state index in [1.165, 1.54) is 10.9 Å². The van der Waals surface area contributed by atoms with Crippen LogP contribution in [0, 0.1) is 6.92 Å². The molecule has 2 heteroatoms. The summed E-state index contributed by atoms with van der Waals surface area (Å²) < 4.78 is 0. The zero-order valence-corrected chi connectivity index (χ0v) is 8.78. The topological polar surface area (TPSA) is 25.8 Å². The molecule has 0 N–H and O–H groups in total. The third kappa shape index (κ3) is 1.48. The molecule has 0 radical (unpaired) electrons. The third-order valence-corrected chi connectivity index (χ3v) is 2.39. The maximum Gasteiger partial charge on any atom is 0.0891 e. The normalized spacial score (nSPS) is 11.1. The molecule has 0 aliphatic carbocycles. The Morgan fingerprint density at radius 3 is 2.79 bits per heavy atom. The van der Waals surface area contributed by atoms with Crippen LogP contribution in [-0.4, -0.2) is 9.97 Å². The highest BCUT2D eigenvalue weighted by Gasteiger charge is 2.06.